The van der Waals surface area contributed by atoms with Crippen molar-refractivity contribution in [2.24, 2.45) is 0 Å². The number of benzene rings is 2. The lowest BCUT2D eigenvalue weighted by Crippen LogP contribution is -2.33. The molecule has 180 valence electrons. The number of nitrogens with zero attached hydrogens (tertiary/aromatic N) is 4. The maximum absolute atomic E-state index is 13.3. The van der Waals surface area contributed by atoms with Gasteiger partial charge in [0, 0.05) is 17.7 Å². The Hall–Kier alpha value is -3.60. The van der Waals surface area contributed by atoms with E-state index in [1.807, 2.05) is 17.0 Å². The summed E-state index contributed by atoms with van der Waals surface area (Å²) in [5.74, 6) is 0.885. The maximum Gasteiger partial charge on any atom is 0.416 e. The zero-order valence-electron chi connectivity index (χ0n) is 18.7. The van der Waals surface area contributed by atoms with Gasteiger partial charge in [0.05, 0.1) is 37.7 Å². The summed E-state index contributed by atoms with van der Waals surface area (Å²) in [7, 11) is 3.14. The molecule has 1 amide bonds. The molecule has 0 unspecified atom stereocenters. The van der Waals surface area contributed by atoms with Crippen molar-refractivity contribution in [2.75, 3.05) is 32.6 Å². The minimum absolute atomic E-state index is 0.00287. The van der Waals surface area contributed by atoms with E-state index < -0.39 is 17.6 Å². The molecule has 0 saturated carbocycles. The number of likely N-dealkylation sites (tertiary alicyclic amines) is 1. The zero-order chi connectivity index (χ0) is 24.3. The topological polar surface area (TPSA) is 81.5 Å². The van der Waals surface area contributed by atoms with E-state index in [0.717, 1.165) is 30.5 Å². The zero-order valence-corrected chi connectivity index (χ0v) is 18.7. The second-order valence-corrected chi connectivity index (χ2v) is 7.85. The Morgan fingerprint density at radius 3 is 2.68 bits per heavy atom. The van der Waals surface area contributed by atoms with Crippen LogP contribution < -0.4 is 14.8 Å². The van der Waals surface area contributed by atoms with Crippen LogP contribution in [0.2, 0.25) is 0 Å². The van der Waals surface area contributed by atoms with Gasteiger partial charge in [0.1, 0.15) is 24.2 Å². The molecule has 11 heteroatoms. The van der Waals surface area contributed by atoms with Gasteiger partial charge >= 0.3 is 6.18 Å². The van der Waals surface area contributed by atoms with Crippen LogP contribution in [0.5, 0.6) is 11.5 Å². The molecule has 0 spiro atoms. The smallest absolute Gasteiger partial charge is 0.416 e. The highest BCUT2D eigenvalue weighted by atomic mass is 19.4. The van der Waals surface area contributed by atoms with Crippen molar-refractivity contribution in [1.82, 2.24) is 19.7 Å². The normalized spacial score (nSPS) is 16.4. The third-order valence-corrected chi connectivity index (χ3v) is 5.77. The van der Waals surface area contributed by atoms with Gasteiger partial charge < -0.3 is 14.8 Å². The first-order valence-electron chi connectivity index (χ1n) is 10.6. The molecule has 1 saturated heterocycles. The number of nitrogens with one attached hydrogen (secondary N) is 1. The van der Waals surface area contributed by atoms with Gasteiger partial charge in [-0.2, -0.15) is 18.3 Å². The van der Waals surface area contributed by atoms with E-state index in [2.05, 4.69) is 15.4 Å². The average molecular weight is 475 g/mol. The minimum atomic E-state index is -4.55. The van der Waals surface area contributed by atoms with Crippen molar-refractivity contribution in [3.63, 3.8) is 0 Å². The summed E-state index contributed by atoms with van der Waals surface area (Å²) in [6, 6.07) is 8.58. The molecule has 4 rings (SSSR count). The summed E-state index contributed by atoms with van der Waals surface area (Å²) in [4.78, 5) is 18.8. The number of anilines is 1. The lowest BCUT2D eigenvalue weighted by atomic mass is 10.0. The molecule has 1 aliphatic rings. The van der Waals surface area contributed by atoms with Crippen LogP contribution in [-0.4, -0.2) is 52.9 Å². The van der Waals surface area contributed by atoms with E-state index in [-0.39, 0.29) is 24.0 Å². The van der Waals surface area contributed by atoms with Crippen LogP contribution in [0.1, 0.15) is 30.0 Å². The van der Waals surface area contributed by atoms with E-state index in [0.29, 0.717) is 18.0 Å². The Labute approximate surface area is 194 Å². The van der Waals surface area contributed by atoms with E-state index in [9.17, 15) is 18.0 Å². The van der Waals surface area contributed by atoms with E-state index in [4.69, 9.17) is 9.47 Å². The molecule has 2 aromatic carbocycles. The van der Waals surface area contributed by atoms with Crippen molar-refractivity contribution in [3.05, 3.63) is 60.2 Å². The Balaban J connectivity index is 1.56. The fourth-order valence-corrected chi connectivity index (χ4v) is 4.18. The van der Waals surface area contributed by atoms with Gasteiger partial charge in [0.25, 0.3) is 0 Å². The summed E-state index contributed by atoms with van der Waals surface area (Å²) in [5, 5.41) is 6.61. The third kappa shape index (κ3) is 4.98. The van der Waals surface area contributed by atoms with Crippen molar-refractivity contribution >= 4 is 11.6 Å². The number of halogens is 3. The van der Waals surface area contributed by atoms with E-state index >= 15 is 0 Å². The molecule has 34 heavy (non-hydrogen) atoms. The molecule has 1 fully saturated rings. The Kier molecular flexibility index (Phi) is 6.73. The standard InChI is InChI=1S/C23H24F3N5O3/c1-33-16-6-7-17(21(11-16)34-2)19-4-3-9-30(19)12-22(32)29-18-10-15(23(24,25)26)5-8-20(18)31-14-27-13-28-31/h5-8,10-11,13-14,19H,3-4,9,12H2,1-2H3,(H,29,32)/t19-/m0/s1. The minimum Gasteiger partial charge on any atom is -0.497 e. The predicted octanol–water partition coefficient (Wildman–Crippen LogP) is 4.08. The number of carbonyl (C=O) groups excluding carboxylic acids is 1. The van der Waals surface area contributed by atoms with Crippen LogP contribution in [0.3, 0.4) is 0 Å². The number of aromatic nitrogens is 3. The summed E-state index contributed by atoms with van der Waals surface area (Å²) >= 11 is 0. The molecule has 1 aliphatic heterocycles. The van der Waals surface area contributed by atoms with Crippen molar-refractivity contribution in [1.29, 1.82) is 0 Å². The third-order valence-electron chi connectivity index (χ3n) is 5.77. The van der Waals surface area contributed by atoms with Gasteiger partial charge in [-0.05, 0) is 43.7 Å². The Morgan fingerprint density at radius 1 is 1.18 bits per heavy atom. The number of alkyl halides is 3. The summed E-state index contributed by atoms with van der Waals surface area (Å²) in [6.07, 6.45) is -0.235. The van der Waals surface area contributed by atoms with Gasteiger partial charge in [-0.15, -0.1) is 0 Å². The van der Waals surface area contributed by atoms with Gasteiger partial charge in [0.15, 0.2) is 0 Å². The highest BCUT2D eigenvalue weighted by molar-refractivity contribution is 5.94. The van der Waals surface area contributed by atoms with Gasteiger partial charge in [-0.25, -0.2) is 9.67 Å². The Morgan fingerprint density at radius 2 is 2.00 bits per heavy atom. The number of hydrogen-bond acceptors (Lipinski definition) is 6. The second-order valence-electron chi connectivity index (χ2n) is 7.85. The lowest BCUT2D eigenvalue weighted by molar-refractivity contribution is -0.137. The van der Waals surface area contributed by atoms with Gasteiger partial charge in [-0.1, -0.05) is 6.07 Å². The highest BCUT2D eigenvalue weighted by Gasteiger charge is 2.32. The fraction of sp³-hybridized carbons (Fsp3) is 0.348. The second kappa shape index (κ2) is 9.72. The molecule has 1 N–H and O–H groups in total. The van der Waals surface area contributed by atoms with Crippen LogP contribution in [0.4, 0.5) is 18.9 Å². The molecule has 1 aromatic heterocycles. The number of hydrogen-bond donors (Lipinski definition) is 1. The number of methoxy groups -OCH3 is 2. The summed E-state index contributed by atoms with van der Waals surface area (Å²) in [5.41, 5.74) is 0.349. The predicted molar refractivity (Wildman–Crippen MR) is 118 cm³/mol. The van der Waals surface area contributed by atoms with Gasteiger partial charge in [0.2, 0.25) is 5.91 Å². The molecule has 0 radical (unpaired) electrons. The van der Waals surface area contributed by atoms with E-state index in [1.54, 1.807) is 20.3 Å². The lowest BCUT2D eigenvalue weighted by Gasteiger charge is -2.26. The van der Waals surface area contributed by atoms with Crippen LogP contribution in [0.15, 0.2) is 49.1 Å². The number of carbonyl (C=O) groups is 1. The maximum atomic E-state index is 13.3. The summed E-state index contributed by atoms with van der Waals surface area (Å²) < 4.78 is 52.0. The average Bonchev–Trinajstić information content (AvgIpc) is 3.50. The van der Waals surface area contributed by atoms with Crippen molar-refractivity contribution in [3.8, 4) is 17.2 Å². The number of ether oxygens (including phenoxy) is 2. The molecule has 3 aromatic rings. The van der Waals surface area contributed by atoms with Crippen LogP contribution >= 0.6 is 0 Å². The molecular formula is C23H24F3N5O3. The van der Waals surface area contributed by atoms with Crippen molar-refractivity contribution < 1.29 is 27.4 Å². The highest BCUT2D eigenvalue weighted by Crippen LogP contribution is 2.39. The van der Waals surface area contributed by atoms with Gasteiger partial charge in [-0.3, -0.25) is 9.69 Å². The SMILES string of the molecule is COc1ccc([C@@H]2CCCN2CC(=O)Nc2cc(C(F)(F)F)ccc2-n2cncn2)c(OC)c1. The largest absolute Gasteiger partial charge is 0.497 e. The molecule has 1 atom stereocenters. The molecule has 2 heterocycles. The first-order valence-corrected chi connectivity index (χ1v) is 10.6. The molecule has 8 nitrogen and oxygen atoms in total. The van der Waals surface area contributed by atoms with Crippen molar-refractivity contribution in [2.45, 2.75) is 25.1 Å². The van der Waals surface area contributed by atoms with Crippen LogP contribution in [-0.2, 0) is 11.0 Å². The first kappa shape index (κ1) is 23.6. The van der Waals surface area contributed by atoms with Crippen LogP contribution in [0, 0.1) is 0 Å². The number of rotatable bonds is 7. The Bertz CT molecular complexity index is 1150. The number of amides is 1. The molecular weight excluding hydrogens is 451 g/mol. The first-order chi connectivity index (χ1) is 16.3. The molecule has 0 aliphatic carbocycles. The fourth-order valence-electron chi connectivity index (χ4n) is 4.18. The monoisotopic (exact) mass is 475 g/mol. The van der Waals surface area contributed by atoms with E-state index in [1.165, 1.54) is 23.4 Å². The summed E-state index contributed by atoms with van der Waals surface area (Å²) in [6.45, 7) is 0.679. The molecule has 0 bridgehead atoms. The van der Waals surface area contributed by atoms with Crippen LogP contribution in [0.25, 0.3) is 5.69 Å². The quantitative estimate of drug-likeness (QED) is 0.555.